The van der Waals surface area contributed by atoms with Gasteiger partial charge in [0.05, 0.1) is 39.3 Å². The lowest BCUT2D eigenvalue weighted by Gasteiger charge is -2.33. The van der Waals surface area contributed by atoms with Gasteiger partial charge in [0.25, 0.3) is 11.8 Å². The first-order valence-corrected chi connectivity index (χ1v) is 28.9. The highest BCUT2D eigenvalue weighted by Gasteiger charge is 2.36. The molecule has 1 atom stereocenters. The van der Waals surface area contributed by atoms with Crippen LogP contribution in [-0.2, 0) is 30.2 Å². The fourth-order valence-electron chi connectivity index (χ4n) is 9.61. The molecule has 0 spiro atoms. The number of carbonyl (C=O) groups is 2. The van der Waals surface area contributed by atoms with Gasteiger partial charge in [-0.15, -0.1) is 0 Å². The minimum Gasteiger partial charge on any atom is -0.379 e. The third kappa shape index (κ3) is 17.8. The molecule has 11 rings (SSSR count). The summed E-state index contributed by atoms with van der Waals surface area (Å²) >= 11 is 2.13. The number of para-hydroxylation sites is 4. The van der Waals surface area contributed by atoms with Crippen molar-refractivity contribution < 1.29 is 40.7 Å². The third-order valence-electron chi connectivity index (χ3n) is 14.8. The fraction of sp³-hybridized carbons (Fsp3) is 0.323. The number of amides is 2. The highest BCUT2D eigenvalue weighted by atomic mass is 127. The summed E-state index contributed by atoms with van der Waals surface area (Å²) in [7, 11) is 4.01. The molecule has 3 saturated heterocycles. The van der Waals surface area contributed by atoms with Crippen LogP contribution in [0, 0.1) is 41.9 Å². The molecule has 6 aromatic carbocycles. The largest absolute Gasteiger partial charge is 0.416 e. The highest BCUT2D eigenvalue weighted by Crippen LogP contribution is 2.36. The Morgan fingerprint density at radius 1 is 0.635 bits per heavy atom. The molecule has 0 bridgehead atoms. The molecular formula is C65H67F6IN10O3. The lowest BCUT2D eigenvalue weighted by Crippen LogP contribution is -2.44. The molecule has 13 nitrogen and oxygen atoms in total. The first-order chi connectivity index (χ1) is 40.6. The number of hydrogen-bond acceptors (Lipinski definition) is 9. The number of carbonyl (C=O) groups excluding carboxylic acids is 2. The number of fused-ring (bicyclic) bond motifs is 2. The smallest absolute Gasteiger partial charge is 0.379 e. The Bertz CT molecular complexity index is 3710. The van der Waals surface area contributed by atoms with Gasteiger partial charge < -0.3 is 25.2 Å². The van der Waals surface area contributed by atoms with E-state index < -0.39 is 35.3 Å². The number of rotatable bonds is 8. The van der Waals surface area contributed by atoms with Crippen LogP contribution in [-0.4, -0.2) is 130 Å². The van der Waals surface area contributed by atoms with Crippen molar-refractivity contribution in [3.63, 3.8) is 0 Å². The Kier molecular flexibility index (Phi) is 21.7. The minimum atomic E-state index is -4.53. The maximum Gasteiger partial charge on any atom is 0.416 e. The van der Waals surface area contributed by atoms with Crippen molar-refractivity contribution in [3.05, 3.63) is 188 Å². The number of alkyl halides is 6. The zero-order chi connectivity index (χ0) is 60.8. The summed E-state index contributed by atoms with van der Waals surface area (Å²) in [6.07, 6.45) is 2.57. The van der Waals surface area contributed by atoms with Crippen molar-refractivity contribution >= 4 is 67.8 Å². The van der Waals surface area contributed by atoms with Crippen LogP contribution >= 0.6 is 22.6 Å². The Hall–Kier alpha value is -7.57. The van der Waals surface area contributed by atoms with E-state index in [2.05, 4.69) is 77.9 Å². The number of likely N-dealkylation sites (N-methyl/N-ethyl adjacent to an activating group) is 2. The molecule has 20 heteroatoms. The van der Waals surface area contributed by atoms with Crippen LogP contribution in [0.5, 0.6) is 0 Å². The van der Waals surface area contributed by atoms with Crippen molar-refractivity contribution in [1.82, 2.24) is 38.7 Å². The van der Waals surface area contributed by atoms with E-state index in [-0.39, 0.29) is 35.6 Å². The molecule has 3 fully saturated rings. The second-order valence-electron chi connectivity index (χ2n) is 21.2. The number of halogens is 7. The number of nitrogens with one attached hydrogen (secondary N) is 2. The van der Waals surface area contributed by atoms with Crippen molar-refractivity contribution in [1.29, 1.82) is 0 Å². The number of anilines is 2. The topological polar surface area (TPSA) is 116 Å². The molecule has 0 aliphatic carbocycles. The van der Waals surface area contributed by atoms with Gasteiger partial charge in [0.1, 0.15) is 12.7 Å². The number of terminal acetylenes is 1. The van der Waals surface area contributed by atoms with Crippen LogP contribution in [0.15, 0.2) is 134 Å². The molecule has 0 radical (unpaired) electrons. The molecule has 8 aromatic rings. The summed E-state index contributed by atoms with van der Waals surface area (Å²) in [6.45, 7) is 13.6. The number of benzene rings is 6. The van der Waals surface area contributed by atoms with E-state index in [1.807, 2.05) is 92.3 Å². The van der Waals surface area contributed by atoms with Crippen LogP contribution in [0.2, 0.25) is 0 Å². The number of piperazine rings is 2. The van der Waals surface area contributed by atoms with Gasteiger partial charge in [-0.2, -0.15) is 26.3 Å². The monoisotopic (exact) mass is 1280 g/mol. The van der Waals surface area contributed by atoms with Crippen molar-refractivity contribution in [3.8, 4) is 24.4 Å². The number of imidazole rings is 2. The van der Waals surface area contributed by atoms with E-state index in [1.165, 1.54) is 37.1 Å². The Labute approximate surface area is 505 Å². The van der Waals surface area contributed by atoms with Crippen LogP contribution in [0.1, 0.15) is 79.4 Å². The van der Waals surface area contributed by atoms with E-state index in [1.54, 1.807) is 52.1 Å². The van der Waals surface area contributed by atoms with Gasteiger partial charge in [-0.1, -0.05) is 55.0 Å². The molecule has 3 aliphatic rings. The van der Waals surface area contributed by atoms with Crippen molar-refractivity contribution in [2.75, 3.05) is 83.7 Å². The number of nitrogens with zero attached hydrogens (tertiary/aromatic N) is 8. The van der Waals surface area contributed by atoms with Crippen LogP contribution in [0.25, 0.3) is 22.1 Å². The van der Waals surface area contributed by atoms with Gasteiger partial charge in [0.15, 0.2) is 0 Å². The van der Waals surface area contributed by atoms with Gasteiger partial charge in [0, 0.05) is 116 Å². The second kappa shape index (κ2) is 29.0. The summed E-state index contributed by atoms with van der Waals surface area (Å²) in [4.78, 5) is 42.3. The average molecular weight is 1280 g/mol. The summed E-state index contributed by atoms with van der Waals surface area (Å²) in [5.74, 6) is 2.14. The summed E-state index contributed by atoms with van der Waals surface area (Å²) in [6, 6.07) is 39.2. The number of ether oxygens (including phenoxy) is 1. The zero-order valence-corrected chi connectivity index (χ0v) is 50.2. The van der Waals surface area contributed by atoms with E-state index in [9.17, 15) is 35.9 Å². The van der Waals surface area contributed by atoms with Crippen molar-refractivity contribution in [2.24, 2.45) is 0 Å². The SMILES string of the molecule is C#Cn1cnc2ccccc21.CC1CCCO1.Cc1ccc(C(=O)Nc2ccc(CN3CCN(C)CC3)c(C(F)(F)F)c2)cc1C#Cn1cnc2ccccc21.Cc1ccc(C(=O)Nc2ccc(CN3CCN(C)CC3)c(C(F)(F)F)c2)cc1I. The summed E-state index contributed by atoms with van der Waals surface area (Å²) < 4.78 is 92.3. The average Bonchev–Trinajstić information content (AvgIpc) is 4.21. The molecular weight excluding hydrogens is 1210 g/mol. The van der Waals surface area contributed by atoms with Gasteiger partial charge in [0.2, 0.25) is 0 Å². The van der Waals surface area contributed by atoms with Crippen molar-refractivity contribution in [2.45, 2.75) is 65.2 Å². The maximum absolute atomic E-state index is 13.9. The lowest BCUT2D eigenvalue weighted by atomic mass is 10.0. The Morgan fingerprint density at radius 3 is 1.55 bits per heavy atom. The Morgan fingerprint density at radius 2 is 1.11 bits per heavy atom. The van der Waals surface area contributed by atoms with Gasteiger partial charge >= 0.3 is 12.4 Å². The van der Waals surface area contributed by atoms with Crippen LogP contribution in [0.3, 0.4) is 0 Å². The minimum absolute atomic E-state index is 0.0903. The summed E-state index contributed by atoms with van der Waals surface area (Å²) in [5.41, 5.74) is 6.09. The van der Waals surface area contributed by atoms with Crippen LogP contribution in [0.4, 0.5) is 37.7 Å². The molecule has 1 unspecified atom stereocenters. The highest BCUT2D eigenvalue weighted by molar-refractivity contribution is 14.1. The Balaban J connectivity index is 0.000000176. The van der Waals surface area contributed by atoms with Crippen LogP contribution < -0.4 is 10.6 Å². The first kappa shape index (κ1) is 63.5. The van der Waals surface area contributed by atoms with E-state index in [4.69, 9.17) is 11.2 Å². The quantitative estimate of drug-likeness (QED) is 0.0872. The third-order valence-corrected chi connectivity index (χ3v) is 15.9. The maximum atomic E-state index is 13.9. The normalized spacial score (nSPS) is 15.9. The molecule has 0 saturated carbocycles. The number of aryl methyl sites for hydroxylation is 2. The van der Waals surface area contributed by atoms with Gasteiger partial charge in [-0.3, -0.25) is 28.5 Å². The summed E-state index contributed by atoms with van der Waals surface area (Å²) in [5, 5.41) is 5.22. The van der Waals surface area contributed by atoms with Gasteiger partial charge in [-0.05, 0) is 171 Å². The second-order valence-corrected chi connectivity index (χ2v) is 22.4. The van der Waals surface area contributed by atoms with Gasteiger partial charge in [-0.25, -0.2) is 9.97 Å². The van der Waals surface area contributed by atoms with E-state index >= 15 is 0 Å². The molecule has 3 aliphatic heterocycles. The first-order valence-electron chi connectivity index (χ1n) is 27.8. The predicted molar refractivity (Wildman–Crippen MR) is 330 cm³/mol. The molecule has 2 amide bonds. The number of aromatic nitrogens is 4. The lowest BCUT2D eigenvalue weighted by molar-refractivity contribution is -0.139. The van der Waals surface area contributed by atoms with E-state index in [0.717, 1.165) is 94.8 Å². The fourth-order valence-corrected chi connectivity index (χ4v) is 10.1. The molecule has 2 N–H and O–H groups in total. The molecule has 2 aromatic heterocycles. The number of hydrogen-bond donors (Lipinski definition) is 2. The molecule has 85 heavy (non-hydrogen) atoms. The standard InChI is InChI=1S/C30H28F3N5O.C21H23F3IN3O.C9H6N2.C5H10O/c1-21-7-8-23(17-22(21)11-12-38-20-34-27-5-3-4-6-28(27)38)29(39)35-25-10-9-24(26(18-25)30(31,32)33)19-37-15-13-36(2)14-16-37;1-14-3-4-15(11-19(14)25)20(29)26-17-6-5-16(18(12-17)21(22,23)24)13-28-9-7-27(2)8-10-28;1-2-11-7-10-8-5-3-4-6-9(8)11;1-5-3-2-4-6-5/h3-10,17-18,20H,13-16,19H2,1-2H3,(H,35,39);3-6,11-12H,7-10,13H2,1-2H3,(H,26,29);1,3-7H;5H,2-4H2,1H3. The van der Waals surface area contributed by atoms with E-state index in [0.29, 0.717) is 35.9 Å². The predicted octanol–water partition coefficient (Wildman–Crippen LogP) is 12.5. The molecule has 444 valence electrons. The molecule has 5 heterocycles. The zero-order valence-electron chi connectivity index (χ0n) is 48.0.